The van der Waals surface area contributed by atoms with E-state index in [9.17, 15) is 14.7 Å². The lowest BCUT2D eigenvalue weighted by molar-refractivity contribution is -0.160. The van der Waals surface area contributed by atoms with E-state index in [1.807, 2.05) is 0 Å². The third-order valence-electron chi connectivity index (χ3n) is 4.02. The zero-order valence-corrected chi connectivity index (χ0v) is 10.5. The summed E-state index contributed by atoms with van der Waals surface area (Å²) in [6.07, 6.45) is 5.42. The van der Waals surface area contributed by atoms with Crippen LogP contribution >= 0.6 is 0 Å². The molecule has 3 atom stereocenters. The van der Waals surface area contributed by atoms with E-state index in [1.165, 1.54) is 0 Å². The van der Waals surface area contributed by atoms with Crippen molar-refractivity contribution in [3.8, 4) is 0 Å². The molecule has 4 heteroatoms. The fourth-order valence-electron chi connectivity index (χ4n) is 2.97. The zero-order valence-electron chi connectivity index (χ0n) is 10.5. The molecule has 0 spiro atoms. The van der Waals surface area contributed by atoms with Gasteiger partial charge in [0.1, 0.15) is 0 Å². The molecule has 0 saturated heterocycles. The van der Waals surface area contributed by atoms with Crippen molar-refractivity contribution in [2.24, 2.45) is 17.3 Å². The van der Waals surface area contributed by atoms with Crippen molar-refractivity contribution in [1.29, 1.82) is 0 Å². The highest BCUT2D eigenvalue weighted by molar-refractivity contribution is 5.77. The third kappa shape index (κ3) is 2.63. The quantitative estimate of drug-likeness (QED) is 0.713. The molecule has 2 N–H and O–H groups in total. The predicted octanol–water partition coefficient (Wildman–Crippen LogP) is 2.71. The summed E-state index contributed by atoms with van der Waals surface area (Å²) in [4.78, 5) is 22.6. The number of carboxylic acid groups (broad SMARTS) is 2. The van der Waals surface area contributed by atoms with Crippen LogP contribution in [0.2, 0.25) is 0 Å². The fraction of sp³-hybridized carbons (Fsp3) is 0.571. The highest BCUT2D eigenvalue weighted by Gasteiger charge is 2.49. The second-order valence-electron chi connectivity index (χ2n) is 4.98. The summed E-state index contributed by atoms with van der Waals surface area (Å²) >= 11 is 0. The van der Waals surface area contributed by atoms with Gasteiger partial charge in [-0.2, -0.15) is 0 Å². The molecule has 1 aliphatic rings. The Labute approximate surface area is 107 Å². The topological polar surface area (TPSA) is 74.6 Å². The van der Waals surface area contributed by atoms with E-state index in [4.69, 9.17) is 5.11 Å². The van der Waals surface area contributed by atoms with Crippen LogP contribution in [0.1, 0.15) is 32.1 Å². The number of rotatable bonds is 6. The first-order valence-electron chi connectivity index (χ1n) is 6.16. The van der Waals surface area contributed by atoms with Crippen LogP contribution in [0.25, 0.3) is 0 Å². The monoisotopic (exact) mass is 252 g/mol. The Morgan fingerprint density at radius 2 is 1.94 bits per heavy atom. The van der Waals surface area contributed by atoms with Crippen molar-refractivity contribution >= 4 is 11.9 Å². The van der Waals surface area contributed by atoms with Crippen LogP contribution in [0, 0.1) is 17.3 Å². The van der Waals surface area contributed by atoms with E-state index < -0.39 is 23.3 Å². The van der Waals surface area contributed by atoms with E-state index in [1.54, 1.807) is 12.2 Å². The molecule has 4 nitrogen and oxygen atoms in total. The molecule has 100 valence electrons. The Balaban J connectivity index is 3.01. The minimum atomic E-state index is -0.873. The molecule has 0 amide bonds. The summed E-state index contributed by atoms with van der Waals surface area (Å²) in [6.45, 7) is 7.27. The first-order valence-corrected chi connectivity index (χ1v) is 6.16. The summed E-state index contributed by atoms with van der Waals surface area (Å²) in [7, 11) is 0. The van der Waals surface area contributed by atoms with Crippen LogP contribution in [0.4, 0.5) is 0 Å². The molecule has 3 unspecified atom stereocenters. The maximum absolute atomic E-state index is 11.6. The van der Waals surface area contributed by atoms with Crippen molar-refractivity contribution in [2.75, 3.05) is 0 Å². The highest BCUT2D eigenvalue weighted by atomic mass is 16.4. The summed E-state index contributed by atoms with van der Waals surface area (Å²) in [5.41, 5.74) is -0.873. The smallest absolute Gasteiger partial charge is 0.310 e. The predicted molar refractivity (Wildman–Crippen MR) is 68.2 cm³/mol. The number of carbonyl (C=O) groups is 2. The number of aliphatic carboxylic acids is 2. The van der Waals surface area contributed by atoms with Crippen LogP contribution in [-0.2, 0) is 9.59 Å². The van der Waals surface area contributed by atoms with Gasteiger partial charge in [0.05, 0.1) is 11.3 Å². The van der Waals surface area contributed by atoms with Gasteiger partial charge in [0.2, 0.25) is 0 Å². The average Bonchev–Trinajstić information content (AvgIpc) is 2.31. The molecule has 1 rings (SSSR count). The molecule has 1 saturated carbocycles. The summed E-state index contributed by atoms with van der Waals surface area (Å²) in [5, 5.41) is 18.6. The molecule has 0 heterocycles. The van der Waals surface area contributed by atoms with Gasteiger partial charge in [-0.1, -0.05) is 12.2 Å². The van der Waals surface area contributed by atoms with Gasteiger partial charge in [-0.25, -0.2) is 0 Å². The van der Waals surface area contributed by atoms with Gasteiger partial charge >= 0.3 is 11.9 Å². The maximum atomic E-state index is 11.6. The molecule has 1 aliphatic carbocycles. The second kappa shape index (κ2) is 5.85. The van der Waals surface area contributed by atoms with Gasteiger partial charge in [-0.3, -0.25) is 9.59 Å². The van der Waals surface area contributed by atoms with Crippen molar-refractivity contribution < 1.29 is 19.8 Å². The number of hydrogen-bond acceptors (Lipinski definition) is 2. The summed E-state index contributed by atoms with van der Waals surface area (Å²) in [5.74, 6) is -2.30. The van der Waals surface area contributed by atoms with Crippen molar-refractivity contribution in [1.82, 2.24) is 0 Å². The second-order valence-corrected chi connectivity index (χ2v) is 4.98. The molecule has 0 aromatic rings. The molecule has 0 aliphatic heterocycles. The fourth-order valence-corrected chi connectivity index (χ4v) is 2.97. The van der Waals surface area contributed by atoms with Crippen LogP contribution in [-0.4, -0.2) is 22.2 Å². The largest absolute Gasteiger partial charge is 0.481 e. The van der Waals surface area contributed by atoms with E-state index >= 15 is 0 Å². The molecule has 0 aromatic heterocycles. The van der Waals surface area contributed by atoms with Crippen molar-refractivity contribution in [2.45, 2.75) is 32.1 Å². The van der Waals surface area contributed by atoms with Crippen LogP contribution in [0.3, 0.4) is 0 Å². The van der Waals surface area contributed by atoms with Crippen molar-refractivity contribution in [3.63, 3.8) is 0 Å². The van der Waals surface area contributed by atoms with Gasteiger partial charge in [-0.15, -0.1) is 13.2 Å². The van der Waals surface area contributed by atoms with Gasteiger partial charge in [0.25, 0.3) is 0 Å². The molecular weight excluding hydrogens is 232 g/mol. The molecule has 0 aromatic carbocycles. The van der Waals surface area contributed by atoms with Crippen LogP contribution in [0.5, 0.6) is 0 Å². The molecular formula is C14H20O4. The third-order valence-corrected chi connectivity index (χ3v) is 4.02. The number of carboxylic acids is 2. The van der Waals surface area contributed by atoms with Gasteiger partial charge in [0.15, 0.2) is 0 Å². The lowest BCUT2D eigenvalue weighted by Gasteiger charge is -2.42. The first kappa shape index (κ1) is 14.5. The van der Waals surface area contributed by atoms with Gasteiger partial charge in [-0.05, 0) is 38.0 Å². The summed E-state index contributed by atoms with van der Waals surface area (Å²) < 4.78 is 0. The summed E-state index contributed by atoms with van der Waals surface area (Å²) in [6, 6.07) is 0. The lowest BCUT2D eigenvalue weighted by atomic mass is 9.60. The SMILES string of the molecule is C=CCC1CC(C(=O)O)CCC1(CC=C)C(=O)O. The van der Waals surface area contributed by atoms with Crippen LogP contribution < -0.4 is 0 Å². The van der Waals surface area contributed by atoms with E-state index in [0.29, 0.717) is 32.1 Å². The molecule has 18 heavy (non-hydrogen) atoms. The Hall–Kier alpha value is -1.58. The Morgan fingerprint density at radius 1 is 1.28 bits per heavy atom. The minimum Gasteiger partial charge on any atom is -0.481 e. The molecule has 1 fully saturated rings. The highest BCUT2D eigenvalue weighted by Crippen LogP contribution is 2.48. The minimum absolute atomic E-state index is 0.180. The first-order chi connectivity index (χ1) is 8.47. The Bertz CT molecular complexity index is 361. The molecule has 0 radical (unpaired) electrons. The van der Waals surface area contributed by atoms with E-state index in [0.717, 1.165) is 0 Å². The normalized spacial score (nSPS) is 31.6. The number of hydrogen-bond donors (Lipinski definition) is 2. The maximum Gasteiger partial charge on any atom is 0.310 e. The Kier molecular flexibility index (Phi) is 4.70. The van der Waals surface area contributed by atoms with Gasteiger partial charge < -0.3 is 10.2 Å². The molecule has 0 bridgehead atoms. The van der Waals surface area contributed by atoms with Crippen molar-refractivity contribution in [3.05, 3.63) is 25.3 Å². The van der Waals surface area contributed by atoms with E-state index in [-0.39, 0.29) is 5.92 Å². The van der Waals surface area contributed by atoms with Gasteiger partial charge in [0, 0.05) is 0 Å². The lowest BCUT2D eigenvalue weighted by Crippen LogP contribution is -2.44. The van der Waals surface area contributed by atoms with Crippen LogP contribution in [0.15, 0.2) is 25.3 Å². The zero-order chi connectivity index (χ0) is 13.8. The average molecular weight is 252 g/mol. The number of allylic oxidation sites excluding steroid dienone is 2. The standard InChI is InChI=1S/C14H20O4/c1-3-5-11-9-10(12(15)16)6-8-14(11,7-4-2)13(17)18/h3-4,10-11H,1-2,5-9H2,(H,15,16)(H,17,18). The Morgan fingerprint density at radius 3 is 2.39 bits per heavy atom. The van der Waals surface area contributed by atoms with E-state index in [2.05, 4.69) is 13.2 Å².